The predicted octanol–water partition coefficient (Wildman–Crippen LogP) is 1.94. The Labute approximate surface area is 122 Å². The van der Waals surface area contributed by atoms with Gasteiger partial charge in [0.05, 0.1) is 5.71 Å². The van der Waals surface area contributed by atoms with Crippen LogP contribution in [0.2, 0.25) is 0 Å². The van der Waals surface area contributed by atoms with Gasteiger partial charge in [0.25, 0.3) is 0 Å². The summed E-state index contributed by atoms with van der Waals surface area (Å²) in [7, 11) is 0. The molecule has 108 valence electrons. The van der Waals surface area contributed by atoms with Crippen LogP contribution in [0.15, 0.2) is 35.5 Å². The average Bonchev–Trinajstić information content (AvgIpc) is 2.85. The van der Waals surface area contributed by atoms with Gasteiger partial charge in [-0.3, -0.25) is 9.59 Å². The molecule has 0 fully saturated rings. The summed E-state index contributed by atoms with van der Waals surface area (Å²) in [6.07, 6.45) is 2.11. The topological polar surface area (TPSA) is 67.8 Å². The number of fused-ring (bicyclic) bond motifs is 1. The van der Waals surface area contributed by atoms with Crippen molar-refractivity contribution in [2.24, 2.45) is 5.16 Å². The molecule has 0 saturated carbocycles. The Morgan fingerprint density at radius 2 is 1.95 bits per heavy atom. The molecule has 0 radical (unpaired) electrons. The minimum Gasteiger partial charge on any atom is -0.390 e. The number of hydrogen-bond acceptors (Lipinski definition) is 5. The summed E-state index contributed by atoms with van der Waals surface area (Å²) < 4.78 is 0. The summed E-state index contributed by atoms with van der Waals surface area (Å²) in [4.78, 5) is 29.1. The maximum absolute atomic E-state index is 11.9. The number of hydrogen-bond donors (Lipinski definition) is 1. The fourth-order valence-electron chi connectivity index (χ4n) is 2.66. The van der Waals surface area contributed by atoms with Crippen molar-refractivity contribution in [2.45, 2.75) is 32.4 Å². The molecule has 3 rings (SSSR count). The van der Waals surface area contributed by atoms with Gasteiger partial charge in [-0.15, -0.1) is 0 Å². The lowest BCUT2D eigenvalue weighted by Gasteiger charge is -2.24. The van der Waals surface area contributed by atoms with Crippen LogP contribution in [0.4, 0.5) is 0 Å². The number of nitrogens with zero attached hydrogens (tertiary/aromatic N) is 1. The van der Waals surface area contributed by atoms with Crippen molar-refractivity contribution in [3.63, 3.8) is 0 Å². The van der Waals surface area contributed by atoms with E-state index in [2.05, 4.69) is 10.5 Å². The highest BCUT2D eigenvalue weighted by Gasteiger charge is 2.33. The van der Waals surface area contributed by atoms with Crippen molar-refractivity contribution < 1.29 is 14.4 Å². The molecule has 0 saturated heterocycles. The van der Waals surface area contributed by atoms with Crippen LogP contribution in [0.5, 0.6) is 0 Å². The summed E-state index contributed by atoms with van der Waals surface area (Å²) in [6, 6.07) is 7.03. The van der Waals surface area contributed by atoms with Gasteiger partial charge in [-0.25, -0.2) is 0 Å². The van der Waals surface area contributed by atoms with Crippen molar-refractivity contribution >= 4 is 23.0 Å². The first kappa shape index (κ1) is 13.5. The Kier molecular flexibility index (Phi) is 3.33. The van der Waals surface area contributed by atoms with Gasteiger partial charge in [-0.05, 0) is 13.3 Å². The lowest BCUT2D eigenvalue weighted by atomic mass is 9.92. The van der Waals surface area contributed by atoms with E-state index in [0.29, 0.717) is 11.3 Å². The number of benzene rings is 1. The van der Waals surface area contributed by atoms with Crippen molar-refractivity contribution in [2.75, 3.05) is 0 Å². The van der Waals surface area contributed by atoms with E-state index in [1.807, 2.05) is 26.0 Å². The number of rotatable bonds is 3. The molecule has 1 aliphatic carbocycles. The van der Waals surface area contributed by atoms with E-state index in [0.717, 1.165) is 17.7 Å². The third kappa shape index (κ3) is 2.24. The molecular formula is C16H16N2O3. The van der Waals surface area contributed by atoms with E-state index in [1.165, 1.54) is 6.08 Å². The Morgan fingerprint density at radius 1 is 1.24 bits per heavy atom. The summed E-state index contributed by atoms with van der Waals surface area (Å²) in [6.45, 7) is 3.90. The highest BCUT2D eigenvalue weighted by molar-refractivity contribution is 6.50. The molecule has 1 N–H and O–H groups in total. The van der Waals surface area contributed by atoms with E-state index in [-0.39, 0.29) is 12.1 Å². The van der Waals surface area contributed by atoms with E-state index in [4.69, 9.17) is 4.84 Å². The second kappa shape index (κ2) is 5.16. The molecule has 2 unspecified atom stereocenters. The fourth-order valence-corrected chi connectivity index (χ4v) is 2.66. The molecule has 5 nitrogen and oxygen atoms in total. The number of carbonyl (C=O) groups is 2. The van der Waals surface area contributed by atoms with Crippen LogP contribution in [-0.4, -0.2) is 29.4 Å². The second-order valence-electron chi connectivity index (χ2n) is 5.20. The lowest BCUT2D eigenvalue weighted by Crippen LogP contribution is -2.42. The zero-order valence-electron chi connectivity index (χ0n) is 11.9. The first-order valence-corrected chi connectivity index (χ1v) is 6.98. The van der Waals surface area contributed by atoms with Crippen molar-refractivity contribution in [3.8, 4) is 0 Å². The minimum atomic E-state index is -0.502. The molecule has 1 aromatic rings. The Morgan fingerprint density at radius 3 is 2.67 bits per heavy atom. The van der Waals surface area contributed by atoms with Crippen LogP contribution in [0.3, 0.4) is 0 Å². The van der Waals surface area contributed by atoms with Crippen LogP contribution in [-0.2, 0) is 9.63 Å². The van der Waals surface area contributed by atoms with E-state index >= 15 is 0 Å². The molecule has 0 amide bonds. The van der Waals surface area contributed by atoms with Crippen LogP contribution in [0, 0.1) is 0 Å². The maximum atomic E-state index is 11.9. The normalized spacial score (nSPS) is 24.1. The summed E-state index contributed by atoms with van der Waals surface area (Å²) in [5.74, 6) is -0.964. The third-order valence-electron chi connectivity index (χ3n) is 3.83. The quantitative estimate of drug-likeness (QED) is 0.861. The monoisotopic (exact) mass is 284 g/mol. The van der Waals surface area contributed by atoms with Crippen LogP contribution < -0.4 is 5.32 Å². The first-order valence-electron chi connectivity index (χ1n) is 6.98. The SMILES string of the molecule is CCC1ON=C(C)C1NC1=CC(=O)C(=O)c2ccccc21. The summed E-state index contributed by atoms with van der Waals surface area (Å²) >= 11 is 0. The summed E-state index contributed by atoms with van der Waals surface area (Å²) in [5.41, 5.74) is 2.67. The molecule has 2 aliphatic rings. The van der Waals surface area contributed by atoms with Crippen molar-refractivity contribution in [3.05, 3.63) is 41.5 Å². The average molecular weight is 284 g/mol. The Balaban J connectivity index is 1.95. The maximum Gasteiger partial charge on any atom is 0.233 e. The number of oxime groups is 1. The molecule has 1 aliphatic heterocycles. The molecule has 0 aromatic heterocycles. The van der Waals surface area contributed by atoms with Gasteiger partial charge in [-0.2, -0.15) is 0 Å². The number of ketones is 2. The molecular weight excluding hydrogens is 268 g/mol. The lowest BCUT2D eigenvalue weighted by molar-refractivity contribution is -0.111. The van der Waals surface area contributed by atoms with Gasteiger partial charge in [-0.1, -0.05) is 36.3 Å². The molecule has 5 heteroatoms. The number of Topliss-reactive ketones (excluding diaryl/α,β-unsaturated/α-hetero) is 1. The van der Waals surface area contributed by atoms with Gasteiger partial charge in [0, 0.05) is 22.9 Å². The highest BCUT2D eigenvalue weighted by Crippen LogP contribution is 2.25. The Hall–Kier alpha value is -2.43. The van der Waals surface area contributed by atoms with E-state index < -0.39 is 11.6 Å². The molecule has 2 atom stereocenters. The molecule has 0 spiro atoms. The smallest absolute Gasteiger partial charge is 0.233 e. The van der Waals surface area contributed by atoms with Gasteiger partial charge in [0.15, 0.2) is 6.10 Å². The molecule has 0 bridgehead atoms. The minimum absolute atomic E-state index is 0.0641. The largest absolute Gasteiger partial charge is 0.390 e. The van der Waals surface area contributed by atoms with Crippen LogP contribution >= 0.6 is 0 Å². The zero-order chi connectivity index (χ0) is 15.0. The number of nitrogens with one attached hydrogen (secondary N) is 1. The number of carbonyl (C=O) groups excluding carboxylic acids is 2. The van der Waals surface area contributed by atoms with E-state index in [1.54, 1.807) is 12.1 Å². The zero-order valence-corrected chi connectivity index (χ0v) is 11.9. The molecule has 1 heterocycles. The highest BCUT2D eigenvalue weighted by atomic mass is 16.6. The fraction of sp³-hybridized carbons (Fsp3) is 0.312. The van der Waals surface area contributed by atoms with Gasteiger partial charge in [0.2, 0.25) is 11.6 Å². The second-order valence-corrected chi connectivity index (χ2v) is 5.20. The van der Waals surface area contributed by atoms with Crippen LogP contribution in [0.1, 0.15) is 36.2 Å². The Bertz CT molecular complexity index is 676. The van der Waals surface area contributed by atoms with E-state index in [9.17, 15) is 9.59 Å². The van der Waals surface area contributed by atoms with Crippen molar-refractivity contribution in [1.29, 1.82) is 0 Å². The standard InChI is InChI=1S/C16H16N2O3/c1-3-14-15(9(2)18-21-14)17-12-8-13(19)16(20)11-7-5-4-6-10(11)12/h4-8,14-15,17H,3H2,1-2H3. The van der Waals surface area contributed by atoms with Gasteiger partial charge in [0.1, 0.15) is 6.04 Å². The molecule has 1 aromatic carbocycles. The van der Waals surface area contributed by atoms with Crippen LogP contribution in [0.25, 0.3) is 5.70 Å². The van der Waals surface area contributed by atoms with Gasteiger partial charge < -0.3 is 10.2 Å². The summed E-state index contributed by atoms with van der Waals surface area (Å²) in [5, 5.41) is 7.31. The predicted molar refractivity (Wildman–Crippen MR) is 79.0 cm³/mol. The van der Waals surface area contributed by atoms with Gasteiger partial charge >= 0.3 is 0 Å². The first-order chi connectivity index (χ1) is 10.1. The number of allylic oxidation sites excluding steroid dienone is 1. The molecule has 21 heavy (non-hydrogen) atoms. The van der Waals surface area contributed by atoms with Crippen molar-refractivity contribution in [1.82, 2.24) is 5.32 Å². The third-order valence-corrected chi connectivity index (χ3v) is 3.83.